The van der Waals surface area contributed by atoms with Gasteiger partial charge in [-0.05, 0) is 42.8 Å². The molecule has 0 aliphatic heterocycles. The maximum absolute atomic E-state index is 6.85. The summed E-state index contributed by atoms with van der Waals surface area (Å²) in [6, 6.07) is 22.4. The van der Waals surface area contributed by atoms with Crippen LogP contribution in [0.3, 0.4) is 0 Å². The van der Waals surface area contributed by atoms with E-state index in [-0.39, 0.29) is 0 Å². The van der Waals surface area contributed by atoms with Gasteiger partial charge in [-0.15, -0.1) is 0 Å². The van der Waals surface area contributed by atoms with Crippen LogP contribution in [0.25, 0.3) is 21.9 Å². The van der Waals surface area contributed by atoms with Gasteiger partial charge in [0.1, 0.15) is 11.2 Å². The normalized spacial score (nSPS) is 18.0. The maximum Gasteiger partial charge on any atom is 0.137 e. The van der Waals surface area contributed by atoms with Crippen LogP contribution in [0, 0.1) is 0 Å². The molecular formula is C26H20ClNO. The van der Waals surface area contributed by atoms with Gasteiger partial charge in [-0.1, -0.05) is 72.3 Å². The van der Waals surface area contributed by atoms with Crippen LogP contribution >= 0.6 is 11.6 Å². The van der Waals surface area contributed by atoms with Gasteiger partial charge in [0.05, 0.1) is 16.1 Å². The van der Waals surface area contributed by atoms with Gasteiger partial charge in [0, 0.05) is 23.2 Å². The smallest absolute Gasteiger partial charge is 0.137 e. The highest BCUT2D eigenvalue weighted by Crippen LogP contribution is 2.45. The SMILES string of the molecule is Clc1ccc2oc3ccccc3c2c1N(/C1=C/C=C\C/C=C/C1)c1ccccc1. The number of furan rings is 1. The van der Waals surface area contributed by atoms with E-state index >= 15 is 0 Å². The van der Waals surface area contributed by atoms with E-state index in [1.54, 1.807) is 0 Å². The third-order valence-corrected chi connectivity index (χ3v) is 5.49. The second-order valence-corrected chi connectivity index (χ2v) is 7.44. The monoisotopic (exact) mass is 397 g/mol. The average molecular weight is 398 g/mol. The molecule has 1 aliphatic rings. The van der Waals surface area contributed by atoms with Gasteiger partial charge in [-0.3, -0.25) is 0 Å². The van der Waals surface area contributed by atoms with Crippen molar-refractivity contribution in [2.24, 2.45) is 0 Å². The Kier molecular flexibility index (Phi) is 4.71. The lowest BCUT2D eigenvalue weighted by molar-refractivity contribution is 0.669. The Morgan fingerprint density at radius 1 is 0.793 bits per heavy atom. The fourth-order valence-corrected chi connectivity index (χ4v) is 4.12. The molecule has 1 aliphatic carbocycles. The van der Waals surface area contributed by atoms with Crippen molar-refractivity contribution >= 4 is 44.9 Å². The number of allylic oxidation sites excluding steroid dienone is 5. The van der Waals surface area contributed by atoms with Crippen molar-refractivity contribution in [2.45, 2.75) is 12.8 Å². The van der Waals surface area contributed by atoms with Crippen LogP contribution in [0.1, 0.15) is 12.8 Å². The second-order valence-electron chi connectivity index (χ2n) is 7.04. The number of anilines is 2. The van der Waals surface area contributed by atoms with Crippen molar-refractivity contribution in [3.63, 3.8) is 0 Å². The number of hydrogen-bond donors (Lipinski definition) is 0. The van der Waals surface area contributed by atoms with Crippen molar-refractivity contribution in [3.8, 4) is 0 Å². The molecule has 0 unspecified atom stereocenters. The van der Waals surface area contributed by atoms with Crippen molar-refractivity contribution in [3.05, 3.63) is 108 Å². The van der Waals surface area contributed by atoms with E-state index < -0.39 is 0 Å². The first kappa shape index (κ1) is 17.8. The first-order valence-corrected chi connectivity index (χ1v) is 10.2. The molecule has 0 bridgehead atoms. The van der Waals surface area contributed by atoms with Crippen LogP contribution in [0.4, 0.5) is 11.4 Å². The summed E-state index contributed by atoms with van der Waals surface area (Å²) in [4.78, 5) is 2.26. The summed E-state index contributed by atoms with van der Waals surface area (Å²) in [5, 5.41) is 2.80. The molecule has 3 aromatic carbocycles. The first-order valence-electron chi connectivity index (χ1n) is 9.78. The fraction of sp³-hybridized carbons (Fsp3) is 0.0769. The molecule has 0 saturated heterocycles. The van der Waals surface area contributed by atoms with Gasteiger partial charge in [-0.25, -0.2) is 0 Å². The molecule has 0 saturated carbocycles. The van der Waals surface area contributed by atoms with Crippen molar-refractivity contribution in [2.75, 3.05) is 4.90 Å². The molecule has 5 rings (SSSR count). The molecule has 0 atom stereocenters. The predicted molar refractivity (Wildman–Crippen MR) is 123 cm³/mol. The number of benzene rings is 3. The van der Waals surface area contributed by atoms with E-state index in [4.69, 9.17) is 16.0 Å². The van der Waals surface area contributed by atoms with Crippen LogP contribution in [-0.4, -0.2) is 0 Å². The third kappa shape index (κ3) is 3.26. The summed E-state index contributed by atoms with van der Waals surface area (Å²) in [5.41, 5.74) is 4.88. The molecule has 142 valence electrons. The summed E-state index contributed by atoms with van der Waals surface area (Å²) in [6.07, 6.45) is 12.6. The molecule has 1 heterocycles. The zero-order valence-corrected chi connectivity index (χ0v) is 16.6. The van der Waals surface area contributed by atoms with E-state index in [0.717, 1.165) is 51.9 Å². The summed E-state index contributed by atoms with van der Waals surface area (Å²) in [5.74, 6) is 0. The molecule has 0 amide bonds. The molecule has 29 heavy (non-hydrogen) atoms. The molecule has 0 radical (unpaired) electrons. The Bertz CT molecular complexity index is 1260. The third-order valence-electron chi connectivity index (χ3n) is 5.18. The second kappa shape index (κ2) is 7.65. The molecule has 0 N–H and O–H groups in total. The van der Waals surface area contributed by atoms with E-state index in [2.05, 4.69) is 65.6 Å². The molecule has 4 aromatic rings. The van der Waals surface area contributed by atoms with Crippen LogP contribution in [-0.2, 0) is 0 Å². The Morgan fingerprint density at radius 3 is 2.52 bits per heavy atom. The van der Waals surface area contributed by atoms with Gasteiger partial charge in [0.2, 0.25) is 0 Å². The number of rotatable bonds is 3. The number of halogens is 1. The molecular weight excluding hydrogens is 378 g/mol. The summed E-state index contributed by atoms with van der Waals surface area (Å²) in [6.45, 7) is 0. The van der Waals surface area contributed by atoms with Gasteiger partial charge in [-0.2, -0.15) is 0 Å². The molecule has 0 fully saturated rings. The lowest BCUT2D eigenvalue weighted by Gasteiger charge is -2.29. The highest BCUT2D eigenvalue weighted by atomic mass is 35.5. The Morgan fingerprint density at radius 2 is 1.62 bits per heavy atom. The van der Waals surface area contributed by atoms with Gasteiger partial charge < -0.3 is 9.32 Å². The van der Waals surface area contributed by atoms with E-state index in [9.17, 15) is 0 Å². The standard InChI is InChI=1S/C26H20ClNO/c27-22-17-18-24-25(21-15-9-10-16-23(21)29-24)26(22)28(20-13-7-4-8-14-20)19-11-5-2-1-3-6-12-19/h2-11,13-18H,1,12H2/b5-2-,6-3+,19-11+. The number of hydrogen-bond acceptors (Lipinski definition) is 2. The van der Waals surface area contributed by atoms with E-state index in [0.29, 0.717) is 5.02 Å². The largest absolute Gasteiger partial charge is 0.456 e. The topological polar surface area (TPSA) is 16.4 Å². The minimum atomic E-state index is 0.698. The minimum Gasteiger partial charge on any atom is -0.456 e. The summed E-state index contributed by atoms with van der Waals surface area (Å²) < 4.78 is 6.13. The van der Waals surface area contributed by atoms with Gasteiger partial charge >= 0.3 is 0 Å². The minimum absolute atomic E-state index is 0.698. The van der Waals surface area contributed by atoms with E-state index in [1.165, 1.54) is 0 Å². The van der Waals surface area contributed by atoms with Crippen LogP contribution in [0.2, 0.25) is 5.02 Å². The first-order chi connectivity index (χ1) is 14.3. The fourth-order valence-electron chi connectivity index (χ4n) is 3.88. The van der Waals surface area contributed by atoms with Crippen molar-refractivity contribution in [1.29, 1.82) is 0 Å². The average Bonchev–Trinajstić information content (AvgIpc) is 3.10. The zero-order chi connectivity index (χ0) is 19.6. The number of fused-ring (bicyclic) bond motifs is 3. The molecule has 2 nitrogen and oxygen atoms in total. The van der Waals surface area contributed by atoms with E-state index in [1.807, 2.05) is 36.4 Å². The quantitative estimate of drug-likeness (QED) is 0.324. The number of para-hydroxylation sites is 2. The Balaban J connectivity index is 1.84. The van der Waals surface area contributed by atoms with Crippen LogP contribution in [0.15, 0.2) is 107 Å². The lowest BCUT2D eigenvalue weighted by Crippen LogP contribution is -2.17. The van der Waals surface area contributed by atoms with Gasteiger partial charge in [0.15, 0.2) is 0 Å². The summed E-state index contributed by atoms with van der Waals surface area (Å²) in [7, 11) is 0. The highest BCUT2D eigenvalue weighted by molar-refractivity contribution is 6.36. The van der Waals surface area contributed by atoms with Crippen molar-refractivity contribution in [1.82, 2.24) is 0 Å². The Labute approximate surface area is 175 Å². The van der Waals surface area contributed by atoms with Gasteiger partial charge in [0.25, 0.3) is 0 Å². The van der Waals surface area contributed by atoms with Crippen LogP contribution in [0.5, 0.6) is 0 Å². The molecule has 3 heteroatoms. The number of nitrogens with zero attached hydrogens (tertiary/aromatic N) is 1. The van der Waals surface area contributed by atoms with Crippen LogP contribution < -0.4 is 4.90 Å². The summed E-state index contributed by atoms with van der Waals surface area (Å²) >= 11 is 6.85. The maximum atomic E-state index is 6.85. The Hall–Kier alpha value is -3.23. The van der Waals surface area contributed by atoms with Crippen molar-refractivity contribution < 1.29 is 4.42 Å². The highest BCUT2D eigenvalue weighted by Gasteiger charge is 2.22. The molecule has 0 spiro atoms. The predicted octanol–water partition coefficient (Wildman–Crippen LogP) is 8.17. The molecule has 1 aromatic heterocycles. The zero-order valence-electron chi connectivity index (χ0n) is 15.9. The lowest BCUT2D eigenvalue weighted by atomic mass is 10.1.